The number of nitrogens with zero attached hydrogens (tertiary/aromatic N) is 2. The van der Waals surface area contributed by atoms with Gasteiger partial charge < -0.3 is 45.2 Å². The van der Waals surface area contributed by atoms with Crippen molar-refractivity contribution in [2.75, 3.05) is 13.1 Å². The first-order valence-corrected chi connectivity index (χ1v) is 21.8. The minimum Gasteiger partial charge on any atom is -0.508 e. The van der Waals surface area contributed by atoms with Crippen LogP contribution in [-0.4, -0.2) is 119 Å². The lowest BCUT2D eigenvalue weighted by molar-refractivity contribution is -0.297. The first-order valence-electron chi connectivity index (χ1n) is 21.8. The molecule has 7 N–H and O–H groups in total. The number of phenols is 2. The van der Waals surface area contributed by atoms with Gasteiger partial charge in [-0.25, -0.2) is 4.79 Å². The van der Waals surface area contributed by atoms with E-state index in [0.29, 0.717) is 35.5 Å². The molecule has 1 saturated heterocycles. The van der Waals surface area contributed by atoms with E-state index in [0.717, 1.165) is 48.2 Å². The summed E-state index contributed by atoms with van der Waals surface area (Å²) in [6.07, 6.45) is -6.63. The van der Waals surface area contributed by atoms with Crippen molar-refractivity contribution in [2.45, 2.75) is 148 Å². The Balaban J connectivity index is 0.000000294. The molecule has 7 atom stereocenters. The van der Waals surface area contributed by atoms with Crippen molar-refractivity contribution >= 4 is 5.97 Å². The van der Waals surface area contributed by atoms with E-state index in [1.807, 2.05) is 60.7 Å². The Kier molecular flexibility index (Phi) is 19.4. The zero-order valence-electron chi connectivity index (χ0n) is 37.6. The first-order chi connectivity index (χ1) is 29.4. The summed E-state index contributed by atoms with van der Waals surface area (Å²) in [7, 11) is 0. The Labute approximate surface area is 368 Å². The summed E-state index contributed by atoms with van der Waals surface area (Å²) in [6, 6.07) is 32.5. The van der Waals surface area contributed by atoms with E-state index in [1.54, 1.807) is 24.3 Å². The minimum absolute atomic E-state index is 0.0150. The highest BCUT2D eigenvalue weighted by Crippen LogP contribution is 2.37. The van der Waals surface area contributed by atoms with Gasteiger partial charge in [-0.05, 0) is 128 Å². The predicted molar refractivity (Wildman–Crippen MR) is 241 cm³/mol. The van der Waals surface area contributed by atoms with Gasteiger partial charge in [0.1, 0.15) is 29.8 Å². The van der Waals surface area contributed by atoms with E-state index in [2.05, 4.69) is 77.3 Å². The number of aliphatic hydroxyl groups excluding tert-OH is 4. The Morgan fingerprint density at radius 1 is 0.613 bits per heavy atom. The highest BCUT2D eigenvalue weighted by molar-refractivity contribution is 5.73. The molecule has 12 heteroatoms. The third kappa shape index (κ3) is 13.6. The molecular weight excluding hydrogens is 789 g/mol. The van der Waals surface area contributed by atoms with Crippen molar-refractivity contribution in [3.8, 4) is 11.5 Å². The lowest BCUT2D eigenvalue weighted by atomic mass is 9.86. The van der Waals surface area contributed by atoms with E-state index in [4.69, 9.17) is 9.47 Å². The summed E-state index contributed by atoms with van der Waals surface area (Å²) in [5, 5.41) is 70.1. The molecule has 1 heterocycles. The Morgan fingerprint density at radius 3 is 1.44 bits per heavy atom. The topological polar surface area (TPSA) is 184 Å². The molecule has 0 aromatic heterocycles. The number of carboxylic acids is 1. The summed E-state index contributed by atoms with van der Waals surface area (Å²) in [6.45, 7) is 19.3. The molecule has 12 nitrogen and oxygen atoms in total. The average molecular weight is 859 g/mol. The number of aromatic hydroxyl groups is 2. The third-order valence-electron chi connectivity index (χ3n) is 11.8. The molecule has 2 unspecified atom stereocenters. The summed E-state index contributed by atoms with van der Waals surface area (Å²) in [5.41, 5.74) is 5.38. The first kappa shape index (κ1) is 50.3. The maximum Gasteiger partial charge on any atom is 0.335 e. The van der Waals surface area contributed by atoms with Crippen LogP contribution in [0.15, 0.2) is 97.1 Å². The molecule has 4 aromatic rings. The van der Waals surface area contributed by atoms with Crippen molar-refractivity contribution in [1.82, 2.24) is 9.80 Å². The Bertz CT molecular complexity index is 1930. The minimum atomic E-state index is -1.78. The maximum atomic E-state index is 11.4. The van der Waals surface area contributed by atoms with Crippen LogP contribution in [0.2, 0.25) is 0 Å². The lowest BCUT2D eigenvalue weighted by Gasteiger charge is -2.38. The van der Waals surface area contributed by atoms with Gasteiger partial charge >= 0.3 is 5.97 Å². The van der Waals surface area contributed by atoms with Crippen LogP contribution in [0, 0.1) is 0 Å². The fourth-order valence-electron chi connectivity index (χ4n) is 8.48. The van der Waals surface area contributed by atoms with Gasteiger partial charge in [-0.15, -0.1) is 0 Å². The largest absolute Gasteiger partial charge is 0.508 e. The van der Waals surface area contributed by atoms with Gasteiger partial charge in [0.25, 0.3) is 0 Å². The standard InChI is InChI=1S/C28H39NO8.C22H31NO2/c1-16(2)29(17(3)4)13-12-20(19-8-6-5-7-9-19)21-14-18(10-11-22(21)30)15-36-28-25(33)23(31)24(32)26(37-28)27(34)35;1-16(2)23(17(3)4)13-12-20(19-8-6-5-7-9-19)21-14-18(15-24)10-11-22(21)25/h5-11,14,16-17,20,23-26,28,30-33H,12-13,15H2,1-4H3,(H,34,35);5-11,14,16-17,20,24-25H,12-13,15H2,1-4H3/t20?,23-,24-,25+,26-,28+;/m0./s1. The average Bonchev–Trinajstić information content (AvgIpc) is 3.24. The number of benzene rings is 4. The van der Waals surface area contributed by atoms with E-state index in [9.17, 15) is 40.5 Å². The molecule has 1 fully saturated rings. The lowest BCUT2D eigenvalue weighted by Crippen LogP contribution is -2.60. The normalized spacial score (nSPS) is 20.2. The number of hydrogen-bond donors (Lipinski definition) is 7. The Hall–Kier alpha value is -4.37. The molecule has 0 spiro atoms. The van der Waals surface area contributed by atoms with Crippen molar-refractivity contribution in [2.24, 2.45) is 0 Å². The summed E-state index contributed by atoms with van der Waals surface area (Å²) < 4.78 is 10.8. The summed E-state index contributed by atoms with van der Waals surface area (Å²) in [4.78, 5) is 16.2. The van der Waals surface area contributed by atoms with Gasteiger partial charge in [0.2, 0.25) is 0 Å². The van der Waals surface area contributed by atoms with Gasteiger partial charge in [-0.3, -0.25) is 9.80 Å². The monoisotopic (exact) mass is 859 g/mol. The molecule has 0 amide bonds. The van der Waals surface area contributed by atoms with E-state index < -0.39 is 36.7 Å². The number of phenolic OH excluding ortho intramolecular Hbond substituents is 2. The highest BCUT2D eigenvalue weighted by Gasteiger charge is 2.47. The number of carboxylic acid groups (broad SMARTS) is 1. The van der Waals surface area contributed by atoms with Crippen LogP contribution >= 0.6 is 0 Å². The zero-order chi connectivity index (χ0) is 45.7. The molecule has 340 valence electrons. The number of aliphatic carboxylic acids is 1. The summed E-state index contributed by atoms with van der Waals surface area (Å²) in [5.74, 6) is -1.01. The number of ether oxygens (including phenoxy) is 2. The second-order valence-electron chi connectivity index (χ2n) is 17.3. The summed E-state index contributed by atoms with van der Waals surface area (Å²) >= 11 is 0. The second-order valence-corrected chi connectivity index (χ2v) is 17.3. The fraction of sp³-hybridized carbons (Fsp3) is 0.500. The van der Waals surface area contributed by atoms with Crippen molar-refractivity contribution in [3.63, 3.8) is 0 Å². The van der Waals surface area contributed by atoms with E-state index in [1.165, 1.54) is 5.56 Å². The van der Waals surface area contributed by atoms with Crippen molar-refractivity contribution in [1.29, 1.82) is 0 Å². The van der Waals surface area contributed by atoms with Crippen molar-refractivity contribution in [3.05, 3.63) is 130 Å². The second kappa shape index (κ2) is 23.9. The number of carbonyl (C=O) groups is 1. The smallest absolute Gasteiger partial charge is 0.335 e. The molecule has 0 aliphatic carbocycles. The van der Waals surface area contributed by atoms with Crippen LogP contribution in [-0.2, 0) is 27.5 Å². The van der Waals surface area contributed by atoms with Gasteiger partial charge in [0, 0.05) is 47.1 Å². The third-order valence-corrected chi connectivity index (χ3v) is 11.8. The van der Waals surface area contributed by atoms with Gasteiger partial charge in [0.15, 0.2) is 12.4 Å². The number of rotatable bonds is 19. The molecule has 0 radical (unpaired) electrons. The van der Waals surface area contributed by atoms with Crippen LogP contribution in [0.5, 0.6) is 11.5 Å². The number of hydrogen-bond acceptors (Lipinski definition) is 11. The van der Waals surface area contributed by atoms with Crippen LogP contribution in [0.3, 0.4) is 0 Å². The SMILES string of the molecule is CC(C)N(CCC(c1ccccc1)c1cc(CO)ccc1O)C(C)C.CC(C)N(CCC(c1ccccc1)c1cc(CO[C@@H]2O[C@H](C(=O)O)[C@@H](O)[C@H](O)[C@H]2O)ccc1O)C(C)C. The van der Waals surface area contributed by atoms with Crippen LogP contribution in [0.4, 0.5) is 0 Å². The molecule has 4 aromatic carbocycles. The predicted octanol–water partition coefficient (Wildman–Crippen LogP) is 6.97. The molecular formula is C50H70N2O10. The Morgan fingerprint density at radius 2 is 1.03 bits per heavy atom. The maximum absolute atomic E-state index is 11.4. The van der Waals surface area contributed by atoms with Gasteiger partial charge in [-0.1, -0.05) is 72.8 Å². The fourth-order valence-corrected chi connectivity index (χ4v) is 8.48. The molecule has 1 aliphatic rings. The molecule has 0 saturated carbocycles. The molecule has 5 rings (SSSR count). The quantitative estimate of drug-likeness (QED) is 0.0515. The van der Waals surface area contributed by atoms with Crippen molar-refractivity contribution < 1.29 is 50.0 Å². The van der Waals surface area contributed by atoms with Gasteiger partial charge in [-0.2, -0.15) is 0 Å². The van der Waals surface area contributed by atoms with Gasteiger partial charge in [0.05, 0.1) is 13.2 Å². The number of aliphatic hydroxyl groups is 4. The highest BCUT2D eigenvalue weighted by atomic mass is 16.7. The molecule has 1 aliphatic heterocycles. The molecule has 62 heavy (non-hydrogen) atoms. The molecule has 0 bridgehead atoms. The van der Waals surface area contributed by atoms with Crippen LogP contribution in [0.1, 0.15) is 113 Å². The zero-order valence-corrected chi connectivity index (χ0v) is 37.6. The van der Waals surface area contributed by atoms with Crippen LogP contribution in [0.25, 0.3) is 0 Å². The van der Waals surface area contributed by atoms with Crippen LogP contribution < -0.4 is 0 Å². The van der Waals surface area contributed by atoms with E-state index in [-0.39, 0.29) is 30.8 Å². The van der Waals surface area contributed by atoms with E-state index >= 15 is 0 Å².